The number of esters is 1. The summed E-state index contributed by atoms with van der Waals surface area (Å²) in [5.74, 6) is -0.383. The van der Waals surface area contributed by atoms with E-state index in [1.165, 1.54) is 16.9 Å². The highest BCUT2D eigenvalue weighted by Crippen LogP contribution is 2.21. The van der Waals surface area contributed by atoms with Crippen molar-refractivity contribution < 1.29 is 9.53 Å². The third kappa shape index (κ3) is 3.07. The number of aromatic nitrogens is 1. The number of hydrogen-bond donors (Lipinski definition) is 1. The summed E-state index contributed by atoms with van der Waals surface area (Å²) in [6.07, 6.45) is 0. The molecule has 0 bridgehead atoms. The van der Waals surface area contributed by atoms with Gasteiger partial charge >= 0.3 is 5.97 Å². The van der Waals surface area contributed by atoms with Crippen molar-refractivity contribution in [2.45, 2.75) is 13.8 Å². The predicted octanol–water partition coefficient (Wildman–Crippen LogP) is 3.37. The van der Waals surface area contributed by atoms with Gasteiger partial charge in [-0.1, -0.05) is 12.1 Å². The number of nitrogens with zero attached hydrogens (tertiary/aromatic N) is 1. The number of carbonyl (C=O) groups is 1. The van der Waals surface area contributed by atoms with E-state index in [1.807, 2.05) is 31.2 Å². The lowest BCUT2D eigenvalue weighted by Crippen LogP contribution is -2.04. The number of nitrogens with one attached hydrogen (secondary N) is 1. The number of rotatable bonds is 4. The molecule has 1 aromatic heterocycles. The zero-order valence-corrected chi connectivity index (χ0v) is 11.1. The van der Waals surface area contributed by atoms with Gasteiger partial charge < -0.3 is 10.1 Å². The van der Waals surface area contributed by atoms with E-state index in [0.717, 1.165) is 5.69 Å². The molecule has 0 unspecified atom stereocenters. The molecule has 0 amide bonds. The minimum atomic E-state index is -0.383. The fraction of sp³-hybridized carbons (Fsp3) is 0.231. The summed E-state index contributed by atoms with van der Waals surface area (Å²) in [6.45, 7) is 4.16. The van der Waals surface area contributed by atoms with Crippen molar-refractivity contribution in [2.24, 2.45) is 0 Å². The van der Waals surface area contributed by atoms with Crippen molar-refractivity contribution in [2.75, 3.05) is 11.9 Å². The molecule has 0 aliphatic rings. The molecule has 0 spiro atoms. The fourth-order valence-corrected chi connectivity index (χ4v) is 2.18. The third-order valence-electron chi connectivity index (χ3n) is 2.26. The summed E-state index contributed by atoms with van der Waals surface area (Å²) in [5.41, 5.74) is 2.47. The van der Waals surface area contributed by atoms with E-state index < -0.39 is 0 Å². The average Bonchev–Trinajstić information content (AvgIpc) is 2.78. The first-order valence-electron chi connectivity index (χ1n) is 5.65. The standard InChI is InChI=1S/C13H14N2O2S/c1-3-17-12(16)11-8-18-13(15-11)14-10-6-4-5-9(2)7-10/h4-8H,3H2,1-2H3,(H,14,15). The highest BCUT2D eigenvalue weighted by molar-refractivity contribution is 7.14. The van der Waals surface area contributed by atoms with Crippen LogP contribution >= 0.6 is 11.3 Å². The maximum absolute atomic E-state index is 11.5. The molecule has 5 heteroatoms. The van der Waals surface area contributed by atoms with E-state index in [1.54, 1.807) is 12.3 Å². The molecule has 0 saturated carbocycles. The minimum Gasteiger partial charge on any atom is -0.461 e. The van der Waals surface area contributed by atoms with Crippen molar-refractivity contribution in [1.82, 2.24) is 4.98 Å². The van der Waals surface area contributed by atoms with Crippen molar-refractivity contribution >= 4 is 28.1 Å². The van der Waals surface area contributed by atoms with Crippen LogP contribution in [0.25, 0.3) is 0 Å². The summed E-state index contributed by atoms with van der Waals surface area (Å²) in [6, 6.07) is 7.97. The van der Waals surface area contributed by atoms with Crippen molar-refractivity contribution in [1.29, 1.82) is 0 Å². The van der Waals surface area contributed by atoms with Gasteiger partial charge in [-0.3, -0.25) is 0 Å². The lowest BCUT2D eigenvalue weighted by atomic mass is 10.2. The van der Waals surface area contributed by atoms with Crippen LogP contribution in [0, 0.1) is 6.92 Å². The Morgan fingerprint density at radius 1 is 1.50 bits per heavy atom. The first-order valence-corrected chi connectivity index (χ1v) is 6.53. The van der Waals surface area contributed by atoms with Crippen molar-refractivity contribution in [3.05, 3.63) is 40.9 Å². The highest BCUT2D eigenvalue weighted by atomic mass is 32.1. The van der Waals surface area contributed by atoms with Gasteiger partial charge in [0.15, 0.2) is 10.8 Å². The van der Waals surface area contributed by atoms with Crippen LogP contribution in [-0.4, -0.2) is 17.6 Å². The molecule has 94 valence electrons. The summed E-state index contributed by atoms with van der Waals surface area (Å²) in [7, 11) is 0. The number of aryl methyl sites for hydroxylation is 1. The summed E-state index contributed by atoms with van der Waals surface area (Å²) in [4.78, 5) is 15.6. The van der Waals surface area contributed by atoms with Crippen LogP contribution in [0.2, 0.25) is 0 Å². The van der Waals surface area contributed by atoms with Crippen LogP contribution < -0.4 is 5.32 Å². The molecule has 2 aromatic rings. The molecule has 0 fully saturated rings. The van der Waals surface area contributed by atoms with Gasteiger partial charge in [-0.05, 0) is 31.5 Å². The highest BCUT2D eigenvalue weighted by Gasteiger charge is 2.11. The van der Waals surface area contributed by atoms with Gasteiger partial charge in [0.25, 0.3) is 0 Å². The molecule has 0 radical (unpaired) electrons. The lowest BCUT2D eigenvalue weighted by Gasteiger charge is -2.02. The number of benzene rings is 1. The normalized spacial score (nSPS) is 10.1. The second-order valence-electron chi connectivity index (χ2n) is 3.75. The molecule has 0 saturated heterocycles. The molecule has 0 aliphatic carbocycles. The summed E-state index contributed by atoms with van der Waals surface area (Å²) >= 11 is 1.38. The zero-order valence-electron chi connectivity index (χ0n) is 10.3. The predicted molar refractivity (Wildman–Crippen MR) is 72.5 cm³/mol. The maximum Gasteiger partial charge on any atom is 0.357 e. The largest absolute Gasteiger partial charge is 0.461 e. The summed E-state index contributed by atoms with van der Waals surface area (Å²) < 4.78 is 4.89. The van der Waals surface area contributed by atoms with Gasteiger partial charge in [-0.25, -0.2) is 9.78 Å². The Hall–Kier alpha value is -1.88. The van der Waals surface area contributed by atoms with Crippen LogP contribution in [-0.2, 0) is 4.74 Å². The molecule has 1 N–H and O–H groups in total. The van der Waals surface area contributed by atoms with E-state index in [0.29, 0.717) is 17.4 Å². The maximum atomic E-state index is 11.5. The van der Waals surface area contributed by atoms with Crippen LogP contribution in [0.5, 0.6) is 0 Å². The summed E-state index contributed by atoms with van der Waals surface area (Å²) in [5, 5.41) is 5.54. The van der Waals surface area contributed by atoms with Crippen molar-refractivity contribution in [3.63, 3.8) is 0 Å². The quantitative estimate of drug-likeness (QED) is 0.858. The Morgan fingerprint density at radius 2 is 2.33 bits per heavy atom. The second kappa shape index (κ2) is 5.64. The first-order chi connectivity index (χ1) is 8.69. The Morgan fingerprint density at radius 3 is 3.06 bits per heavy atom. The molecule has 1 aromatic carbocycles. The topological polar surface area (TPSA) is 51.2 Å². The molecule has 0 atom stereocenters. The Kier molecular flexibility index (Phi) is 3.94. The van der Waals surface area contributed by atoms with E-state index in [2.05, 4.69) is 10.3 Å². The second-order valence-corrected chi connectivity index (χ2v) is 4.61. The van der Waals surface area contributed by atoms with E-state index in [-0.39, 0.29) is 5.97 Å². The van der Waals surface area contributed by atoms with E-state index >= 15 is 0 Å². The Balaban J connectivity index is 2.09. The van der Waals surface area contributed by atoms with Crippen LogP contribution in [0.4, 0.5) is 10.8 Å². The SMILES string of the molecule is CCOC(=O)c1csc(Nc2cccc(C)c2)n1. The van der Waals surface area contributed by atoms with Gasteiger partial charge in [-0.15, -0.1) is 11.3 Å². The number of ether oxygens (including phenoxy) is 1. The number of hydrogen-bond acceptors (Lipinski definition) is 5. The van der Waals surface area contributed by atoms with E-state index in [9.17, 15) is 4.79 Å². The van der Waals surface area contributed by atoms with Crippen LogP contribution in [0.3, 0.4) is 0 Å². The number of anilines is 2. The Bertz CT molecular complexity index is 551. The minimum absolute atomic E-state index is 0.344. The van der Waals surface area contributed by atoms with Gasteiger partial charge in [0.05, 0.1) is 6.61 Å². The average molecular weight is 262 g/mol. The fourth-order valence-electron chi connectivity index (χ4n) is 1.48. The number of thiazole rings is 1. The molecular weight excluding hydrogens is 248 g/mol. The molecular formula is C13H14N2O2S. The van der Waals surface area contributed by atoms with Gasteiger partial charge in [0, 0.05) is 11.1 Å². The van der Waals surface area contributed by atoms with Gasteiger partial charge in [0.2, 0.25) is 0 Å². The smallest absolute Gasteiger partial charge is 0.357 e. The number of carbonyl (C=O) groups excluding carboxylic acids is 1. The first kappa shape index (κ1) is 12.6. The molecule has 0 aliphatic heterocycles. The van der Waals surface area contributed by atoms with Crippen LogP contribution in [0.1, 0.15) is 23.0 Å². The zero-order chi connectivity index (χ0) is 13.0. The Labute approximate surface area is 110 Å². The lowest BCUT2D eigenvalue weighted by molar-refractivity contribution is 0.0520. The van der Waals surface area contributed by atoms with Crippen molar-refractivity contribution in [3.8, 4) is 0 Å². The third-order valence-corrected chi connectivity index (χ3v) is 3.02. The van der Waals surface area contributed by atoms with Crippen LogP contribution in [0.15, 0.2) is 29.6 Å². The monoisotopic (exact) mass is 262 g/mol. The molecule has 1 heterocycles. The van der Waals surface area contributed by atoms with Gasteiger partial charge in [-0.2, -0.15) is 0 Å². The van der Waals surface area contributed by atoms with Gasteiger partial charge in [0.1, 0.15) is 0 Å². The molecule has 18 heavy (non-hydrogen) atoms. The molecule has 2 rings (SSSR count). The molecule has 4 nitrogen and oxygen atoms in total. The van der Waals surface area contributed by atoms with E-state index in [4.69, 9.17) is 4.74 Å².